The second kappa shape index (κ2) is 11.8. The highest BCUT2D eigenvalue weighted by molar-refractivity contribution is 6.50. The summed E-state index contributed by atoms with van der Waals surface area (Å²) >= 11 is 11.9. The number of carbonyl (C=O) groups excluding carboxylic acids is 4. The zero-order chi connectivity index (χ0) is 25.6. The first-order valence-electron chi connectivity index (χ1n) is 10.7. The molecule has 1 amide bonds. The number of hydrogen-bond acceptors (Lipinski definition) is 7. The van der Waals surface area contributed by atoms with Crippen LogP contribution < -0.4 is 5.32 Å². The van der Waals surface area contributed by atoms with Gasteiger partial charge in [-0.1, -0.05) is 37.0 Å². The Labute approximate surface area is 207 Å². The van der Waals surface area contributed by atoms with Crippen LogP contribution in [0.25, 0.3) is 0 Å². The Morgan fingerprint density at radius 2 is 1.91 bits per heavy atom. The highest BCUT2D eigenvalue weighted by Crippen LogP contribution is 2.36. The third-order valence-corrected chi connectivity index (χ3v) is 5.78. The van der Waals surface area contributed by atoms with Gasteiger partial charge in [-0.05, 0) is 37.5 Å². The van der Waals surface area contributed by atoms with Crippen LogP contribution in [0.3, 0.4) is 0 Å². The monoisotopic (exact) mass is 513 g/mol. The maximum Gasteiger partial charge on any atom is 0.531 e. The normalized spacial score (nSPS) is 18.9. The van der Waals surface area contributed by atoms with E-state index in [0.717, 1.165) is 0 Å². The summed E-state index contributed by atoms with van der Waals surface area (Å²) in [4.78, 5) is 60.9. The second-order valence-corrected chi connectivity index (χ2v) is 9.61. The third-order valence-electron chi connectivity index (χ3n) is 5.21. The van der Waals surface area contributed by atoms with Gasteiger partial charge in [0.2, 0.25) is 0 Å². The molecule has 1 unspecified atom stereocenters. The lowest BCUT2D eigenvalue weighted by molar-refractivity contribution is -0.172. The number of amides is 1. The Balaban J connectivity index is 2.13. The van der Waals surface area contributed by atoms with Gasteiger partial charge in [0.15, 0.2) is 11.4 Å². The molecule has 1 saturated heterocycles. The highest BCUT2D eigenvalue weighted by atomic mass is 35.5. The number of Topliss-reactive ketones (excluding diaryl/α,β-unsaturated/α-hetero) is 2. The second-order valence-electron chi connectivity index (χ2n) is 8.77. The van der Waals surface area contributed by atoms with Gasteiger partial charge in [-0.25, -0.2) is 4.79 Å². The molecule has 1 aliphatic rings. The predicted molar refractivity (Wildman–Crippen MR) is 125 cm³/mol. The number of halogens is 2. The van der Waals surface area contributed by atoms with Gasteiger partial charge >= 0.3 is 13.1 Å². The summed E-state index contributed by atoms with van der Waals surface area (Å²) in [7, 11) is -1.33. The summed E-state index contributed by atoms with van der Waals surface area (Å²) in [5.41, 5.74) is -1.94. The van der Waals surface area contributed by atoms with E-state index in [1.54, 1.807) is 0 Å². The Kier molecular flexibility index (Phi) is 9.67. The smallest absolute Gasteiger partial charge is 0.509 e. The molecule has 0 saturated carbocycles. The van der Waals surface area contributed by atoms with E-state index in [0.29, 0.717) is 11.4 Å². The number of hydrogen-bond donors (Lipinski definition) is 2. The Bertz CT molecular complexity index is 982. The largest absolute Gasteiger partial charge is 0.531 e. The van der Waals surface area contributed by atoms with E-state index in [1.807, 2.05) is 13.8 Å². The van der Waals surface area contributed by atoms with Crippen molar-refractivity contribution in [2.24, 2.45) is 5.92 Å². The van der Waals surface area contributed by atoms with Crippen molar-refractivity contribution in [2.45, 2.75) is 57.9 Å². The lowest BCUT2D eigenvalue weighted by atomic mass is 9.63. The van der Waals surface area contributed by atoms with E-state index in [4.69, 9.17) is 32.5 Å². The number of nitrogens with one attached hydrogen (secondary N) is 1. The van der Waals surface area contributed by atoms with Crippen LogP contribution in [0.1, 0.15) is 56.8 Å². The van der Waals surface area contributed by atoms with Gasteiger partial charge in [-0.2, -0.15) is 0 Å². The average molecular weight is 514 g/mol. The van der Waals surface area contributed by atoms with Gasteiger partial charge in [0.05, 0.1) is 23.6 Å². The number of carbonyl (C=O) groups is 5. The number of carboxylic acid groups (broad SMARTS) is 1. The molecule has 2 N–H and O–H groups in total. The van der Waals surface area contributed by atoms with E-state index in [1.165, 1.54) is 25.1 Å². The number of aliphatic carboxylic acids is 1. The minimum absolute atomic E-state index is 0.0499. The molecule has 1 heterocycles. The van der Waals surface area contributed by atoms with Gasteiger partial charge in [-0.15, -0.1) is 0 Å². The van der Waals surface area contributed by atoms with Gasteiger partial charge < -0.3 is 19.7 Å². The molecular weight excluding hydrogens is 488 g/mol. The van der Waals surface area contributed by atoms with Crippen LogP contribution in [-0.2, 0) is 28.5 Å². The van der Waals surface area contributed by atoms with Crippen LogP contribution in [0.2, 0.25) is 15.9 Å². The van der Waals surface area contributed by atoms with Crippen molar-refractivity contribution in [2.75, 3.05) is 6.54 Å². The fourth-order valence-electron chi connectivity index (χ4n) is 3.80. The molecule has 0 radical (unpaired) electrons. The third kappa shape index (κ3) is 7.54. The molecule has 0 aromatic heterocycles. The molecule has 0 bridgehead atoms. The van der Waals surface area contributed by atoms with E-state index in [-0.39, 0.29) is 29.5 Å². The van der Waals surface area contributed by atoms with Crippen molar-refractivity contribution in [3.63, 3.8) is 0 Å². The summed E-state index contributed by atoms with van der Waals surface area (Å²) < 4.78 is 10.9. The molecular formula is C22H26BCl2NO8. The van der Waals surface area contributed by atoms with Crippen molar-refractivity contribution >= 4 is 59.7 Å². The van der Waals surface area contributed by atoms with Crippen LogP contribution in [0, 0.1) is 5.92 Å². The Morgan fingerprint density at radius 3 is 2.50 bits per heavy atom. The standard InChI is InChI=1S/C22H26BCl2NO8/c1-12(2)6-14(23-33-19(29)10-22(34-23,21(31)32)9-13(3)27)7-16(28)11-26-20(30)17-8-15(24)4-5-18(17)25/h4-5,8,12,14H,6-7,9-11H2,1-3H3,(H,26,30)(H,31,32)/t14-,22?/m1/s1. The fraction of sp³-hybridized carbons (Fsp3) is 0.500. The number of ketones is 2. The van der Waals surface area contributed by atoms with Crippen molar-refractivity contribution in [1.82, 2.24) is 5.32 Å². The molecule has 9 nitrogen and oxygen atoms in total. The number of rotatable bonds is 11. The van der Waals surface area contributed by atoms with Crippen LogP contribution in [0.4, 0.5) is 0 Å². The van der Waals surface area contributed by atoms with Crippen LogP contribution in [0.5, 0.6) is 0 Å². The zero-order valence-corrected chi connectivity index (χ0v) is 20.6. The maximum atomic E-state index is 12.7. The van der Waals surface area contributed by atoms with E-state index in [9.17, 15) is 29.1 Å². The van der Waals surface area contributed by atoms with Crippen LogP contribution in [-0.4, -0.2) is 53.8 Å². The SMILES string of the molecule is CC(=O)CC1(C(=O)O)CC(=O)OB([C@@H](CC(=O)CNC(=O)c2cc(Cl)ccc2Cl)CC(C)C)O1. The first-order chi connectivity index (χ1) is 15.8. The molecule has 1 aromatic rings. The summed E-state index contributed by atoms with van der Waals surface area (Å²) in [5.74, 6) is -4.37. The molecule has 34 heavy (non-hydrogen) atoms. The average Bonchev–Trinajstić information content (AvgIpc) is 2.71. The first kappa shape index (κ1) is 27.8. The van der Waals surface area contributed by atoms with Gasteiger partial charge in [0.1, 0.15) is 5.78 Å². The molecule has 0 spiro atoms. The quantitative estimate of drug-likeness (QED) is 0.430. The Hall–Kier alpha value is -2.43. The molecule has 1 aromatic carbocycles. The van der Waals surface area contributed by atoms with Crippen molar-refractivity contribution in [3.05, 3.63) is 33.8 Å². The molecule has 184 valence electrons. The van der Waals surface area contributed by atoms with Crippen LogP contribution in [0.15, 0.2) is 18.2 Å². The molecule has 12 heteroatoms. The van der Waals surface area contributed by atoms with E-state index in [2.05, 4.69) is 5.32 Å². The molecule has 2 atom stereocenters. The van der Waals surface area contributed by atoms with Crippen molar-refractivity contribution in [3.8, 4) is 0 Å². The van der Waals surface area contributed by atoms with Gasteiger partial charge in [-0.3, -0.25) is 19.2 Å². The predicted octanol–water partition coefficient (Wildman–Crippen LogP) is 3.35. The van der Waals surface area contributed by atoms with E-state index >= 15 is 0 Å². The van der Waals surface area contributed by atoms with Gasteiger partial charge in [0.25, 0.3) is 11.9 Å². The number of carboxylic acids is 1. The van der Waals surface area contributed by atoms with Crippen molar-refractivity contribution in [1.29, 1.82) is 0 Å². The molecule has 1 fully saturated rings. The van der Waals surface area contributed by atoms with Gasteiger partial charge in [0, 0.05) is 23.7 Å². The maximum absolute atomic E-state index is 12.7. The topological polar surface area (TPSA) is 136 Å². The lowest BCUT2D eigenvalue weighted by Gasteiger charge is -2.38. The summed E-state index contributed by atoms with van der Waals surface area (Å²) in [6.45, 7) is 4.62. The lowest BCUT2D eigenvalue weighted by Crippen LogP contribution is -2.55. The van der Waals surface area contributed by atoms with E-state index < -0.39 is 60.8 Å². The minimum Gasteiger partial charge on any atom is -0.509 e. The molecule has 1 aliphatic heterocycles. The molecule has 0 aliphatic carbocycles. The first-order valence-corrected chi connectivity index (χ1v) is 11.4. The minimum atomic E-state index is -2.05. The molecule has 2 rings (SSSR count). The van der Waals surface area contributed by atoms with Crippen LogP contribution >= 0.6 is 23.2 Å². The highest BCUT2D eigenvalue weighted by Gasteiger charge is 2.53. The van der Waals surface area contributed by atoms with Crippen molar-refractivity contribution < 1.29 is 38.4 Å². The summed E-state index contributed by atoms with van der Waals surface area (Å²) in [6.07, 6.45) is -0.910. The summed E-state index contributed by atoms with van der Waals surface area (Å²) in [6, 6.07) is 4.36. The summed E-state index contributed by atoms with van der Waals surface area (Å²) in [5, 5.41) is 12.7. The Morgan fingerprint density at radius 1 is 1.24 bits per heavy atom. The number of benzene rings is 1. The fourth-order valence-corrected chi connectivity index (χ4v) is 4.17. The zero-order valence-electron chi connectivity index (χ0n) is 19.1.